The molecule has 1 saturated heterocycles. The Morgan fingerprint density at radius 1 is 1.21 bits per heavy atom. The number of fused-ring (bicyclic) bond motifs is 1. The van der Waals surface area contributed by atoms with E-state index >= 15 is 0 Å². The Labute approximate surface area is 122 Å². The molecule has 0 spiro atoms. The molecule has 0 N–H and O–H groups in total. The molecule has 1 aliphatic rings. The van der Waals surface area contributed by atoms with Gasteiger partial charge in [0.2, 0.25) is 0 Å². The number of hydrogen-bond donors (Lipinski definition) is 0. The Kier molecular flexibility index (Phi) is 3.98. The van der Waals surface area contributed by atoms with E-state index in [0.717, 1.165) is 34.3 Å². The largest absolute Gasteiger partial charge is 0.357 e. The van der Waals surface area contributed by atoms with Crippen molar-refractivity contribution in [2.75, 3.05) is 13.1 Å². The highest BCUT2D eigenvalue weighted by atomic mass is 32.2. The molecule has 1 aromatic heterocycles. The summed E-state index contributed by atoms with van der Waals surface area (Å²) in [6.07, 6.45) is 3.84. The molecule has 0 atom stereocenters. The summed E-state index contributed by atoms with van der Waals surface area (Å²) >= 11 is 7.17. The van der Waals surface area contributed by atoms with E-state index in [1.165, 1.54) is 19.3 Å². The third-order valence-electron chi connectivity index (χ3n) is 3.34. The molecule has 4 nitrogen and oxygen atoms in total. The molecule has 0 aliphatic carbocycles. The van der Waals surface area contributed by atoms with Crippen LogP contribution in [-0.2, 0) is 5.88 Å². The average molecular weight is 292 g/mol. The first-order chi connectivity index (χ1) is 9.34. The number of para-hydroxylation sites is 1. The third kappa shape index (κ3) is 2.90. The summed E-state index contributed by atoms with van der Waals surface area (Å²) < 4.78 is 2.90. The smallest absolute Gasteiger partial charge is 0.138 e. The van der Waals surface area contributed by atoms with Crippen molar-refractivity contribution in [2.24, 2.45) is 0 Å². The van der Waals surface area contributed by atoms with Gasteiger partial charge in [-0.25, -0.2) is 4.68 Å². The highest BCUT2D eigenvalue weighted by Gasteiger charge is 2.14. The Hall–Kier alpha value is -1.14. The van der Waals surface area contributed by atoms with Crippen LogP contribution >= 0.6 is 24.0 Å². The molecule has 1 fully saturated rings. The standard InChI is InChI=1S/C13H16N4S2/c18-13(16-8-4-1-5-9-16)19-10-17-12-7-3-2-6-11(12)14-15-17/h2-3,6-7H,1,4-5,8-10H2. The number of rotatable bonds is 2. The summed E-state index contributed by atoms with van der Waals surface area (Å²) in [5.41, 5.74) is 2.00. The van der Waals surface area contributed by atoms with Crippen LogP contribution in [0.25, 0.3) is 11.0 Å². The lowest BCUT2D eigenvalue weighted by atomic mass is 10.1. The van der Waals surface area contributed by atoms with Crippen molar-refractivity contribution in [1.82, 2.24) is 19.9 Å². The summed E-state index contributed by atoms with van der Waals surface area (Å²) in [4.78, 5) is 2.31. The molecule has 0 saturated carbocycles. The molecule has 0 radical (unpaired) electrons. The van der Waals surface area contributed by atoms with Crippen molar-refractivity contribution in [2.45, 2.75) is 25.1 Å². The predicted molar refractivity (Wildman–Crippen MR) is 83.1 cm³/mol. The third-order valence-corrected chi connectivity index (χ3v) is 4.84. The number of thioether (sulfide) groups is 1. The van der Waals surface area contributed by atoms with Gasteiger partial charge < -0.3 is 4.90 Å². The normalized spacial score (nSPS) is 15.9. The van der Waals surface area contributed by atoms with Gasteiger partial charge in [-0.05, 0) is 31.4 Å². The Balaban J connectivity index is 1.64. The minimum atomic E-state index is 0.732. The van der Waals surface area contributed by atoms with Gasteiger partial charge in [0.25, 0.3) is 0 Å². The molecule has 100 valence electrons. The molecule has 0 unspecified atom stereocenters. The fourth-order valence-corrected chi connectivity index (χ4v) is 3.43. The minimum Gasteiger partial charge on any atom is -0.357 e. The summed E-state index contributed by atoms with van der Waals surface area (Å²) in [6, 6.07) is 8.01. The Bertz CT molecular complexity index is 575. The molecule has 1 aliphatic heterocycles. The van der Waals surface area contributed by atoms with E-state index in [4.69, 9.17) is 12.2 Å². The monoisotopic (exact) mass is 292 g/mol. The lowest BCUT2D eigenvalue weighted by Crippen LogP contribution is -2.32. The van der Waals surface area contributed by atoms with E-state index in [-0.39, 0.29) is 0 Å². The van der Waals surface area contributed by atoms with E-state index in [1.54, 1.807) is 11.8 Å². The van der Waals surface area contributed by atoms with Crippen LogP contribution in [0.2, 0.25) is 0 Å². The second kappa shape index (κ2) is 5.88. The number of thiocarbonyl (C=S) groups is 1. The van der Waals surface area contributed by atoms with Crippen molar-refractivity contribution in [1.29, 1.82) is 0 Å². The number of piperidine rings is 1. The molecule has 3 rings (SSSR count). The first-order valence-electron chi connectivity index (χ1n) is 6.54. The molecular weight excluding hydrogens is 276 g/mol. The lowest BCUT2D eigenvalue weighted by Gasteiger charge is -2.28. The van der Waals surface area contributed by atoms with Crippen molar-refractivity contribution in [3.05, 3.63) is 24.3 Å². The first-order valence-corrected chi connectivity index (χ1v) is 7.94. The molecule has 0 bridgehead atoms. The van der Waals surface area contributed by atoms with Gasteiger partial charge in [-0.3, -0.25) is 0 Å². The zero-order valence-corrected chi connectivity index (χ0v) is 12.3. The predicted octanol–water partition coefficient (Wildman–Crippen LogP) is 2.89. The van der Waals surface area contributed by atoms with Crippen molar-refractivity contribution in [3.63, 3.8) is 0 Å². The van der Waals surface area contributed by atoms with E-state index < -0.39 is 0 Å². The fourth-order valence-electron chi connectivity index (χ4n) is 2.30. The van der Waals surface area contributed by atoms with Gasteiger partial charge >= 0.3 is 0 Å². The van der Waals surface area contributed by atoms with Crippen LogP contribution < -0.4 is 0 Å². The van der Waals surface area contributed by atoms with E-state index in [2.05, 4.69) is 15.2 Å². The molecule has 1 aromatic carbocycles. The van der Waals surface area contributed by atoms with E-state index in [9.17, 15) is 0 Å². The summed E-state index contributed by atoms with van der Waals surface area (Å²) in [7, 11) is 0. The molecule has 19 heavy (non-hydrogen) atoms. The van der Waals surface area contributed by atoms with Crippen LogP contribution in [-0.4, -0.2) is 37.3 Å². The number of benzene rings is 1. The number of likely N-dealkylation sites (tertiary alicyclic amines) is 1. The van der Waals surface area contributed by atoms with Crippen LogP contribution in [0.15, 0.2) is 24.3 Å². The van der Waals surface area contributed by atoms with Gasteiger partial charge in [0.1, 0.15) is 9.84 Å². The lowest BCUT2D eigenvalue weighted by molar-refractivity contribution is 0.352. The van der Waals surface area contributed by atoms with E-state index in [0.29, 0.717) is 0 Å². The second-order valence-corrected chi connectivity index (χ2v) is 6.24. The zero-order chi connectivity index (χ0) is 13.1. The average Bonchev–Trinajstić information content (AvgIpc) is 2.89. The maximum absolute atomic E-state index is 5.50. The summed E-state index contributed by atoms with van der Waals surface area (Å²) in [6.45, 7) is 2.20. The van der Waals surface area contributed by atoms with Crippen LogP contribution in [0.5, 0.6) is 0 Å². The molecule has 2 heterocycles. The fraction of sp³-hybridized carbons (Fsp3) is 0.462. The van der Waals surface area contributed by atoms with Gasteiger partial charge in [0, 0.05) is 13.1 Å². The first kappa shape index (κ1) is 12.9. The Morgan fingerprint density at radius 2 is 2.00 bits per heavy atom. The maximum atomic E-state index is 5.50. The number of aromatic nitrogens is 3. The quantitative estimate of drug-likeness (QED) is 0.795. The second-order valence-electron chi connectivity index (χ2n) is 4.66. The highest BCUT2D eigenvalue weighted by molar-refractivity contribution is 8.22. The molecule has 2 aromatic rings. The SMILES string of the molecule is S=C(SCn1nnc2ccccc21)N1CCCCC1. The number of hydrogen-bond acceptors (Lipinski definition) is 4. The zero-order valence-electron chi connectivity index (χ0n) is 10.7. The van der Waals surface area contributed by atoms with Crippen molar-refractivity contribution in [3.8, 4) is 0 Å². The van der Waals surface area contributed by atoms with Crippen LogP contribution in [0.3, 0.4) is 0 Å². The van der Waals surface area contributed by atoms with Crippen molar-refractivity contribution >= 4 is 39.3 Å². The molecule has 0 amide bonds. The van der Waals surface area contributed by atoms with Gasteiger partial charge in [-0.1, -0.05) is 41.3 Å². The van der Waals surface area contributed by atoms with Gasteiger partial charge in [0.15, 0.2) is 0 Å². The van der Waals surface area contributed by atoms with Crippen LogP contribution in [0.1, 0.15) is 19.3 Å². The molecule has 6 heteroatoms. The van der Waals surface area contributed by atoms with Crippen LogP contribution in [0.4, 0.5) is 0 Å². The minimum absolute atomic E-state index is 0.732. The Morgan fingerprint density at radius 3 is 2.84 bits per heavy atom. The van der Waals surface area contributed by atoms with Gasteiger partial charge in [0.05, 0.1) is 11.4 Å². The van der Waals surface area contributed by atoms with Gasteiger partial charge in [-0.2, -0.15) is 0 Å². The topological polar surface area (TPSA) is 34.0 Å². The molecular formula is C13H16N4S2. The summed E-state index contributed by atoms with van der Waals surface area (Å²) in [5.74, 6) is 0.732. The number of nitrogens with zero attached hydrogens (tertiary/aromatic N) is 4. The highest BCUT2D eigenvalue weighted by Crippen LogP contribution is 2.19. The van der Waals surface area contributed by atoms with E-state index in [1.807, 2.05) is 28.9 Å². The van der Waals surface area contributed by atoms with Crippen LogP contribution in [0, 0.1) is 0 Å². The van der Waals surface area contributed by atoms with Crippen molar-refractivity contribution < 1.29 is 0 Å². The maximum Gasteiger partial charge on any atom is 0.138 e. The van der Waals surface area contributed by atoms with Gasteiger partial charge in [-0.15, -0.1) is 5.10 Å². The summed E-state index contributed by atoms with van der Waals surface area (Å²) in [5, 5.41) is 8.33.